The number of para-hydroxylation sites is 1. The minimum absolute atomic E-state index is 0.0517. The van der Waals surface area contributed by atoms with Crippen LogP contribution in [0.4, 0.5) is 11.4 Å². The molecule has 1 aliphatic rings. The van der Waals surface area contributed by atoms with Crippen molar-refractivity contribution in [3.05, 3.63) is 58.6 Å². The summed E-state index contributed by atoms with van der Waals surface area (Å²) in [5, 5.41) is 6.28. The van der Waals surface area contributed by atoms with Crippen LogP contribution >= 0.6 is 15.9 Å². The Morgan fingerprint density at radius 3 is 2.75 bits per heavy atom. The molecule has 3 nitrogen and oxygen atoms in total. The minimum atomic E-state index is 0.0517. The molecular weight excluding hydrogens is 316 g/mol. The fraction of sp³-hybridized carbons (Fsp3) is 0.188. The molecule has 1 aliphatic heterocycles. The maximum Gasteiger partial charge on any atom is 0.225 e. The smallest absolute Gasteiger partial charge is 0.225 e. The van der Waals surface area contributed by atoms with Gasteiger partial charge in [0.25, 0.3) is 0 Å². The maximum absolute atomic E-state index is 12.1. The number of benzene rings is 2. The maximum atomic E-state index is 12.1. The highest BCUT2D eigenvalue weighted by atomic mass is 79.9. The van der Waals surface area contributed by atoms with Crippen molar-refractivity contribution in [2.75, 3.05) is 17.2 Å². The second kappa shape index (κ2) is 5.67. The van der Waals surface area contributed by atoms with Crippen molar-refractivity contribution in [2.24, 2.45) is 0 Å². The Hall–Kier alpha value is -1.81. The molecule has 1 atom stereocenters. The molecule has 1 amide bonds. The number of hydrogen-bond acceptors (Lipinski definition) is 2. The Bertz CT molecular complexity index is 625. The van der Waals surface area contributed by atoms with Crippen molar-refractivity contribution in [1.29, 1.82) is 0 Å². The van der Waals surface area contributed by atoms with Crippen LogP contribution in [0, 0.1) is 0 Å². The molecule has 2 aromatic rings. The first-order chi connectivity index (χ1) is 9.72. The zero-order valence-corrected chi connectivity index (χ0v) is 12.5. The van der Waals surface area contributed by atoms with E-state index in [1.807, 2.05) is 36.4 Å². The number of carbonyl (C=O) groups excluding carboxylic acids is 1. The zero-order chi connectivity index (χ0) is 13.9. The van der Waals surface area contributed by atoms with Crippen LogP contribution in [0.5, 0.6) is 0 Å². The highest BCUT2D eigenvalue weighted by Gasteiger charge is 2.23. The largest absolute Gasteiger partial charge is 0.384 e. The van der Waals surface area contributed by atoms with Gasteiger partial charge >= 0.3 is 0 Å². The Labute approximate surface area is 126 Å². The van der Waals surface area contributed by atoms with E-state index in [0.29, 0.717) is 6.42 Å². The summed E-state index contributed by atoms with van der Waals surface area (Å²) < 4.78 is 1.00. The summed E-state index contributed by atoms with van der Waals surface area (Å²) in [6.45, 7) is 0.826. The normalized spacial score (nSPS) is 16.4. The van der Waals surface area contributed by atoms with E-state index in [-0.39, 0.29) is 11.8 Å². The van der Waals surface area contributed by atoms with E-state index in [2.05, 4.69) is 38.7 Å². The Morgan fingerprint density at radius 2 is 1.95 bits per heavy atom. The zero-order valence-electron chi connectivity index (χ0n) is 10.9. The predicted molar refractivity (Wildman–Crippen MR) is 85.1 cm³/mol. The van der Waals surface area contributed by atoms with Crippen LogP contribution in [0.25, 0.3) is 0 Å². The molecule has 2 aromatic carbocycles. The van der Waals surface area contributed by atoms with Gasteiger partial charge in [0.05, 0.1) is 0 Å². The van der Waals surface area contributed by atoms with E-state index in [9.17, 15) is 4.79 Å². The van der Waals surface area contributed by atoms with Crippen molar-refractivity contribution in [1.82, 2.24) is 0 Å². The van der Waals surface area contributed by atoms with E-state index < -0.39 is 0 Å². The molecule has 2 N–H and O–H groups in total. The molecule has 102 valence electrons. The lowest BCUT2D eigenvalue weighted by molar-refractivity contribution is -0.116. The molecule has 0 saturated carbocycles. The number of carbonyl (C=O) groups is 1. The molecule has 1 heterocycles. The SMILES string of the molecule is O=C(CC1CNc2ccccc21)Nc1ccc(Br)cc1. The molecule has 0 aliphatic carbocycles. The van der Waals surface area contributed by atoms with Crippen LogP contribution in [0.3, 0.4) is 0 Å². The molecule has 0 saturated heterocycles. The van der Waals surface area contributed by atoms with Gasteiger partial charge in [-0.2, -0.15) is 0 Å². The molecule has 0 bridgehead atoms. The molecule has 0 spiro atoms. The first-order valence-corrected chi connectivity index (χ1v) is 7.40. The van der Waals surface area contributed by atoms with E-state index >= 15 is 0 Å². The van der Waals surface area contributed by atoms with Gasteiger partial charge in [0, 0.05) is 34.7 Å². The van der Waals surface area contributed by atoms with Crippen molar-refractivity contribution in [3.8, 4) is 0 Å². The average molecular weight is 331 g/mol. The summed E-state index contributed by atoms with van der Waals surface area (Å²) in [6.07, 6.45) is 0.500. The van der Waals surface area contributed by atoms with E-state index in [4.69, 9.17) is 0 Å². The monoisotopic (exact) mass is 330 g/mol. The number of hydrogen-bond donors (Lipinski definition) is 2. The number of rotatable bonds is 3. The van der Waals surface area contributed by atoms with Gasteiger partial charge in [-0.3, -0.25) is 4.79 Å². The number of nitrogens with one attached hydrogen (secondary N) is 2. The molecule has 4 heteroatoms. The lowest BCUT2D eigenvalue weighted by atomic mass is 9.97. The van der Waals surface area contributed by atoms with Crippen molar-refractivity contribution in [3.63, 3.8) is 0 Å². The van der Waals surface area contributed by atoms with Crippen molar-refractivity contribution >= 4 is 33.2 Å². The van der Waals surface area contributed by atoms with Gasteiger partial charge in [-0.05, 0) is 35.9 Å². The summed E-state index contributed by atoms with van der Waals surface area (Å²) in [7, 11) is 0. The first kappa shape index (κ1) is 13.2. The molecule has 3 rings (SSSR count). The van der Waals surface area contributed by atoms with Gasteiger partial charge in [-0.15, -0.1) is 0 Å². The standard InChI is InChI=1S/C16H15BrN2O/c17-12-5-7-13(8-6-12)19-16(20)9-11-10-18-15-4-2-1-3-14(11)15/h1-8,11,18H,9-10H2,(H,19,20). The molecule has 0 fully saturated rings. The van der Waals surface area contributed by atoms with Gasteiger partial charge in [-0.1, -0.05) is 34.1 Å². The van der Waals surface area contributed by atoms with Crippen LogP contribution in [-0.2, 0) is 4.79 Å². The van der Waals surface area contributed by atoms with Crippen LogP contribution in [-0.4, -0.2) is 12.5 Å². The second-order valence-electron chi connectivity index (χ2n) is 4.92. The van der Waals surface area contributed by atoms with Gasteiger partial charge in [0.15, 0.2) is 0 Å². The van der Waals surface area contributed by atoms with Crippen molar-refractivity contribution in [2.45, 2.75) is 12.3 Å². The fourth-order valence-electron chi connectivity index (χ4n) is 2.51. The number of halogens is 1. The predicted octanol–water partition coefficient (Wildman–Crippen LogP) is 3.99. The third kappa shape index (κ3) is 2.85. The van der Waals surface area contributed by atoms with E-state index in [0.717, 1.165) is 22.4 Å². The number of amides is 1. The highest BCUT2D eigenvalue weighted by Crippen LogP contribution is 2.33. The lowest BCUT2D eigenvalue weighted by Crippen LogP contribution is -2.16. The number of anilines is 2. The molecular formula is C16H15BrN2O. The van der Waals surface area contributed by atoms with Crippen LogP contribution < -0.4 is 10.6 Å². The van der Waals surface area contributed by atoms with E-state index in [1.54, 1.807) is 0 Å². The lowest BCUT2D eigenvalue weighted by Gasteiger charge is -2.10. The Balaban J connectivity index is 1.64. The summed E-state index contributed by atoms with van der Waals surface area (Å²) in [5.74, 6) is 0.303. The topological polar surface area (TPSA) is 41.1 Å². The quantitative estimate of drug-likeness (QED) is 0.893. The van der Waals surface area contributed by atoms with Gasteiger partial charge in [-0.25, -0.2) is 0 Å². The van der Waals surface area contributed by atoms with Crippen LogP contribution in [0.1, 0.15) is 17.9 Å². The summed E-state index contributed by atoms with van der Waals surface area (Å²) in [6, 6.07) is 15.8. The fourth-order valence-corrected chi connectivity index (χ4v) is 2.77. The molecule has 20 heavy (non-hydrogen) atoms. The molecule has 0 aromatic heterocycles. The van der Waals surface area contributed by atoms with Crippen LogP contribution in [0.2, 0.25) is 0 Å². The first-order valence-electron chi connectivity index (χ1n) is 6.60. The number of fused-ring (bicyclic) bond motifs is 1. The Kier molecular flexibility index (Phi) is 3.74. The summed E-state index contributed by atoms with van der Waals surface area (Å²) in [4.78, 5) is 12.1. The summed E-state index contributed by atoms with van der Waals surface area (Å²) in [5.41, 5.74) is 3.21. The minimum Gasteiger partial charge on any atom is -0.384 e. The Morgan fingerprint density at radius 1 is 1.20 bits per heavy atom. The van der Waals surface area contributed by atoms with Crippen molar-refractivity contribution < 1.29 is 4.79 Å². The highest BCUT2D eigenvalue weighted by molar-refractivity contribution is 9.10. The second-order valence-corrected chi connectivity index (χ2v) is 5.84. The van der Waals surface area contributed by atoms with Gasteiger partial charge < -0.3 is 10.6 Å². The molecule has 1 unspecified atom stereocenters. The van der Waals surface area contributed by atoms with E-state index in [1.165, 1.54) is 5.56 Å². The third-order valence-electron chi connectivity index (χ3n) is 3.50. The molecule has 0 radical (unpaired) electrons. The van der Waals surface area contributed by atoms with Gasteiger partial charge in [0.2, 0.25) is 5.91 Å². The van der Waals surface area contributed by atoms with Crippen LogP contribution in [0.15, 0.2) is 53.0 Å². The average Bonchev–Trinajstić information content (AvgIpc) is 2.85. The third-order valence-corrected chi connectivity index (χ3v) is 4.03. The summed E-state index contributed by atoms with van der Waals surface area (Å²) >= 11 is 3.38. The van der Waals surface area contributed by atoms with Gasteiger partial charge in [0.1, 0.15) is 0 Å².